The van der Waals surface area contributed by atoms with E-state index in [2.05, 4.69) is 25.2 Å². The van der Waals surface area contributed by atoms with Gasteiger partial charge in [-0.1, -0.05) is 12.1 Å². The number of hydrogen-bond donors (Lipinski definition) is 2. The Morgan fingerprint density at radius 1 is 1.47 bits per heavy atom. The van der Waals surface area contributed by atoms with Gasteiger partial charge in [0.2, 0.25) is 0 Å². The molecular weight excluding hydrogens is 242 g/mol. The van der Waals surface area contributed by atoms with Crippen LogP contribution in [-0.2, 0) is 6.42 Å². The van der Waals surface area contributed by atoms with Crippen molar-refractivity contribution < 1.29 is 14.6 Å². The molecule has 0 bridgehead atoms. The number of likely N-dealkylation sites (N-methyl/N-ethyl adjacent to an activating group) is 1. The minimum atomic E-state index is -0.152. The molecule has 0 radical (unpaired) electrons. The molecule has 1 aromatic rings. The Morgan fingerprint density at radius 2 is 2.26 bits per heavy atom. The first-order chi connectivity index (χ1) is 9.05. The van der Waals surface area contributed by atoms with E-state index in [0.29, 0.717) is 6.61 Å². The van der Waals surface area contributed by atoms with Crippen LogP contribution >= 0.6 is 0 Å². The summed E-state index contributed by atoms with van der Waals surface area (Å²) in [4.78, 5) is 0. The van der Waals surface area contributed by atoms with Crippen LogP contribution < -0.4 is 14.8 Å². The molecule has 0 fully saturated rings. The third-order valence-electron chi connectivity index (χ3n) is 3.41. The molecule has 0 amide bonds. The maximum Gasteiger partial charge on any atom is 0.165 e. The number of aliphatic hydroxyl groups is 1. The highest BCUT2D eigenvalue weighted by atomic mass is 16.5. The van der Waals surface area contributed by atoms with Crippen molar-refractivity contribution in [1.82, 2.24) is 5.32 Å². The van der Waals surface area contributed by atoms with E-state index in [1.165, 1.54) is 5.56 Å². The smallest absolute Gasteiger partial charge is 0.165 e. The zero-order chi connectivity index (χ0) is 13.9. The lowest BCUT2D eigenvalue weighted by Gasteiger charge is -2.19. The Bertz CT molecular complexity index is 427. The predicted molar refractivity (Wildman–Crippen MR) is 74.9 cm³/mol. The van der Waals surface area contributed by atoms with Crippen LogP contribution in [-0.4, -0.2) is 37.0 Å². The summed E-state index contributed by atoms with van der Waals surface area (Å²) in [6.45, 7) is 4.85. The van der Waals surface area contributed by atoms with Crippen LogP contribution in [0.25, 0.3) is 0 Å². The summed E-state index contributed by atoms with van der Waals surface area (Å²) >= 11 is 0. The van der Waals surface area contributed by atoms with Gasteiger partial charge < -0.3 is 19.9 Å². The molecule has 0 spiro atoms. The molecule has 4 heteroatoms. The highest BCUT2D eigenvalue weighted by Crippen LogP contribution is 2.41. The third-order valence-corrected chi connectivity index (χ3v) is 3.41. The molecule has 1 aromatic carbocycles. The standard InChI is InChI=1S/C15H23NO3/c1-15(2)9-11-5-4-6-13(14(11)19-15)18-8-7-12(10-17)16-3/h4-6,12,16-17H,7-10H2,1-3H3. The van der Waals surface area contributed by atoms with Crippen molar-refractivity contribution in [3.05, 3.63) is 23.8 Å². The molecule has 1 atom stereocenters. The fourth-order valence-corrected chi connectivity index (χ4v) is 2.34. The Morgan fingerprint density at radius 3 is 2.95 bits per heavy atom. The number of fused-ring (bicyclic) bond motifs is 1. The lowest BCUT2D eigenvalue weighted by atomic mass is 10.0. The van der Waals surface area contributed by atoms with E-state index in [-0.39, 0.29) is 18.2 Å². The number of rotatable bonds is 6. The molecule has 1 unspecified atom stereocenters. The van der Waals surface area contributed by atoms with Crippen molar-refractivity contribution in [2.75, 3.05) is 20.3 Å². The first kappa shape index (κ1) is 14.2. The SMILES string of the molecule is CNC(CO)CCOc1cccc2c1OC(C)(C)C2. The molecule has 0 saturated heterocycles. The number of ether oxygens (including phenoxy) is 2. The molecule has 2 N–H and O–H groups in total. The van der Waals surface area contributed by atoms with Gasteiger partial charge in [0.25, 0.3) is 0 Å². The van der Waals surface area contributed by atoms with Gasteiger partial charge in [0.1, 0.15) is 5.60 Å². The van der Waals surface area contributed by atoms with E-state index < -0.39 is 0 Å². The van der Waals surface area contributed by atoms with Gasteiger partial charge in [-0.05, 0) is 33.4 Å². The van der Waals surface area contributed by atoms with Crippen molar-refractivity contribution in [1.29, 1.82) is 0 Å². The van der Waals surface area contributed by atoms with Crippen molar-refractivity contribution in [2.24, 2.45) is 0 Å². The van der Waals surface area contributed by atoms with E-state index >= 15 is 0 Å². The van der Waals surface area contributed by atoms with E-state index in [0.717, 1.165) is 24.3 Å². The Balaban J connectivity index is 1.98. The summed E-state index contributed by atoms with van der Waals surface area (Å²) in [5, 5.41) is 12.1. The number of aliphatic hydroxyl groups excluding tert-OH is 1. The fraction of sp³-hybridized carbons (Fsp3) is 0.600. The molecule has 19 heavy (non-hydrogen) atoms. The predicted octanol–water partition coefficient (Wildman–Crippen LogP) is 1.75. The number of para-hydroxylation sites is 1. The molecule has 2 rings (SSSR count). The van der Waals surface area contributed by atoms with E-state index in [4.69, 9.17) is 14.6 Å². The van der Waals surface area contributed by atoms with Crippen molar-refractivity contribution >= 4 is 0 Å². The third kappa shape index (κ3) is 3.39. The van der Waals surface area contributed by atoms with Gasteiger partial charge in [0.15, 0.2) is 11.5 Å². The second-order valence-electron chi connectivity index (χ2n) is 5.59. The van der Waals surface area contributed by atoms with Crippen LogP contribution in [0.4, 0.5) is 0 Å². The van der Waals surface area contributed by atoms with Crippen LogP contribution in [0.3, 0.4) is 0 Å². The highest BCUT2D eigenvalue weighted by molar-refractivity contribution is 5.50. The Kier molecular flexibility index (Phi) is 4.32. The summed E-state index contributed by atoms with van der Waals surface area (Å²) in [6.07, 6.45) is 1.68. The summed E-state index contributed by atoms with van der Waals surface area (Å²) in [5.41, 5.74) is 1.05. The summed E-state index contributed by atoms with van der Waals surface area (Å²) < 4.78 is 11.7. The van der Waals surface area contributed by atoms with Gasteiger partial charge in [-0.25, -0.2) is 0 Å². The molecule has 0 aliphatic carbocycles. The lowest BCUT2D eigenvalue weighted by molar-refractivity contribution is 0.131. The van der Waals surface area contributed by atoms with E-state index in [9.17, 15) is 0 Å². The van der Waals surface area contributed by atoms with Crippen LogP contribution in [0.1, 0.15) is 25.8 Å². The average Bonchev–Trinajstić information content (AvgIpc) is 2.69. The molecule has 4 nitrogen and oxygen atoms in total. The second-order valence-corrected chi connectivity index (χ2v) is 5.59. The average molecular weight is 265 g/mol. The zero-order valence-corrected chi connectivity index (χ0v) is 11.9. The topological polar surface area (TPSA) is 50.7 Å². The van der Waals surface area contributed by atoms with Crippen molar-refractivity contribution in [2.45, 2.75) is 38.3 Å². The van der Waals surface area contributed by atoms with Crippen LogP contribution in [0, 0.1) is 0 Å². The van der Waals surface area contributed by atoms with Crippen molar-refractivity contribution in [3.8, 4) is 11.5 Å². The first-order valence-corrected chi connectivity index (χ1v) is 6.77. The van der Waals surface area contributed by atoms with Gasteiger partial charge in [-0.2, -0.15) is 0 Å². The highest BCUT2D eigenvalue weighted by Gasteiger charge is 2.32. The molecule has 1 aliphatic heterocycles. The van der Waals surface area contributed by atoms with Gasteiger partial charge in [0.05, 0.1) is 13.2 Å². The van der Waals surface area contributed by atoms with Crippen LogP contribution in [0.5, 0.6) is 11.5 Å². The normalized spacial score (nSPS) is 17.7. The van der Waals surface area contributed by atoms with Crippen molar-refractivity contribution in [3.63, 3.8) is 0 Å². The largest absolute Gasteiger partial charge is 0.490 e. The maximum absolute atomic E-state index is 9.10. The molecule has 0 aromatic heterocycles. The van der Waals surface area contributed by atoms with Gasteiger partial charge in [-0.15, -0.1) is 0 Å². The summed E-state index contributed by atoms with van der Waals surface area (Å²) in [7, 11) is 1.84. The van der Waals surface area contributed by atoms with E-state index in [1.807, 2.05) is 19.2 Å². The van der Waals surface area contributed by atoms with Gasteiger partial charge in [0, 0.05) is 18.0 Å². The quantitative estimate of drug-likeness (QED) is 0.823. The number of nitrogens with one attached hydrogen (secondary N) is 1. The summed E-state index contributed by atoms with van der Waals surface area (Å²) in [5.74, 6) is 1.67. The minimum Gasteiger partial charge on any atom is -0.490 e. The van der Waals surface area contributed by atoms with Crippen LogP contribution in [0.2, 0.25) is 0 Å². The number of hydrogen-bond acceptors (Lipinski definition) is 4. The monoisotopic (exact) mass is 265 g/mol. The zero-order valence-electron chi connectivity index (χ0n) is 11.9. The molecular formula is C15H23NO3. The first-order valence-electron chi connectivity index (χ1n) is 6.77. The van der Waals surface area contributed by atoms with Gasteiger partial charge in [-0.3, -0.25) is 0 Å². The van der Waals surface area contributed by atoms with E-state index in [1.54, 1.807) is 0 Å². The molecule has 1 aliphatic rings. The maximum atomic E-state index is 9.10. The van der Waals surface area contributed by atoms with Gasteiger partial charge >= 0.3 is 0 Å². The molecule has 1 heterocycles. The minimum absolute atomic E-state index is 0.0779. The van der Waals surface area contributed by atoms with Crippen LogP contribution in [0.15, 0.2) is 18.2 Å². The Hall–Kier alpha value is -1.26. The molecule has 0 saturated carbocycles. The fourth-order valence-electron chi connectivity index (χ4n) is 2.34. The Labute approximate surface area is 114 Å². The second kappa shape index (κ2) is 5.80. The number of benzene rings is 1. The molecule has 106 valence electrons. The summed E-state index contributed by atoms with van der Waals surface area (Å²) in [6, 6.07) is 6.10. The lowest BCUT2D eigenvalue weighted by Crippen LogP contribution is -2.30.